The molecule has 3 nitrogen and oxygen atoms in total. The minimum absolute atomic E-state index is 0.861. The van der Waals surface area contributed by atoms with Crippen molar-refractivity contribution in [2.45, 2.75) is 26.8 Å². The van der Waals surface area contributed by atoms with Crippen LogP contribution in [0.4, 0.5) is 0 Å². The highest BCUT2D eigenvalue weighted by atomic mass is 15.3. The van der Waals surface area contributed by atoms with Crippen LogP contribution in [-0.4, -0.2) is 16.8 Å². The number of aromatic nitrogens is 2. The van der Waals surface area contributed by atoms with Crippen molar-refractivity contribution in [1.29, 1.82) is 0 Å². The molecule has 0 aliphatic carbocycles. The summed E-state index contributed by atoms with van der Waals surface area (Å²) in [7, 11) is 1.96. The normalized spacial score (nSPS) is 10.8. The Morgan fingerprint density at radius 1 is 1.24 bits per heavy atom. The van der Waals surface area contributed by atoms with Crippen LogP contribution < -0.4 is 5.32 Å². The van der Waals surface area contributed by atoms with Gasteiger partial charge in [0.05, 0.1) is 11.4 Å². The molecule has 0 spiro atoms. The summed E-state index contributed by atoms with van der Waals surface area (Å²) in [5.74, 6) is 0. The van der Waals surface area contributed by atoms with E-state index in [0.717, 1.165) is 18.7 Å². The zero-order chi connectivity index (χ0) is 12.3. The van der Waals surface area contributed by atoms with Gasteiger partial charge in [0, 0.05) is 18.3 Å². The molecule has 0 amide bonds. The second-order valence-electron chi connectivity index (χ2n) is 4.20. The van der Waals surface area contributed by atoms with Gasteiger partial charge in [0.25, 0.3) is 0 Å². The van der Waals surface area contributed by atoms with E-state index < -0.39 is 0 Å². The molecule has 17 heavy (non-hydrogen) atoms. The second-order valence-corrected chi connectivity index (χ2v) is 4.20. The fourth-order valence-electron chi connectivity index (χ4n) is 2.02. The molecular formula is C14H19N3. The highest BCUT2D eigenvalue weighted by Gasteiger charge is 2.07. The van der Waals surface area contributed by atoms with Crippen LogP contribution in [0.3, 0.4) is 0 Å². The minimum atomic E-state index is 0.861. The van der Waals surface area contributed by atoms with E-state index in [1.54, 1.807) is 0 Å². The monoisotopic (exact) mass is 229 g/mol. The number of benzene rings is 1. The van der Waals surface area contributed by atoms with Crippen molar-refractivity contribution >= 4 is 0 Å². The summed E-state index contributed by atoms with van der Waals surface area (Å²) in [5.41, 5.74) is 4.84. The number of hydrogen-bond donors (Lipinski definition) is 1. The van der Waals surface area contributed by atoms with E-state index >= 15 is 0 Å². The van der Waals surface area contributed by atoms with E-state index in [1.165, 1.54) is 16.8 Å². The summed E-state index contributed by atoms with van der Waals surface area (Å²) in [4.78, 5) is 0. The molecule has 1 aromatic carbocycles. The summed E-state index contributed by atoms with van der Waals surface area (Å²) >= 11 is 0. The zero-order valence-corrected chi connectivity index (χ0v) is 10.7. The third-order valence-electron chi connectivity index (χ3n) is 2.99. The maximum atomic E-state index is 4.58. The first kappa shape index (κ1) is 11.9. The van der Waals surface area contributed by atoms with Crippen molar-refractivity contribution in [1.82, 2.24) is 15.1 Å². The van der Waals surface area contributed by atoms with E-state index in [-0.39, 0.29) is 0 Å². The average Bonchev–Trinajstić information content (AvgIpc) is 2.71. The zero-order valence-electron chi connectivity index (χ0n) is 10.7. The van der Waals surface area contributed by atoms with Gasteiger partial charge in [-0.3, -0.25) is 0 Å². The van der Waals surface area contributed by atoms with Crippen LogP contribution in [0.5, 0.6) is 0 Å². The first-order chi connectivity index (χ1) is 8.26. The van der Waals surface area contributed by atoms with Gasteiger partial charge >= 0.3 is 0 Å². The van der Waals surface area contributed by atoms with Crippen LogP contribution in [0.15, 0.2) is 30.5 Å². The number of para-hydroxylation sites is 1. The molecule has 90 valence electrons. The molecule has 0 bridgehead atoms. The molecule has 0 radical (unpaired) electrons. The molecule has 0 atom stereocenters. The van der Waals surface area contributed by atoms with Gasteiger partial charge in [0.2, 0.25) is 0 Å². The van der Waals surface area contributed by atoms with Gasteiger partial charge in [-0.1, -0.05) is 25.1 Å². The van der Waals surface area contributed by atoms with Crippen molar-refractivity contribution in [2.24, 2.45) is 0 Å². The highest BCUT2D eigenvalue weighted by molar-refractivity contribution is 5.41. The maximum absolute atomic E-state index is 4.58. The highest BCUT2D eigenvalue weighted by Crippen LogP contribution is 2.16. The molecule has 0 saturated carbocycles. The van der Waals surface area contributed by atoms with Gasteiger partial charge in [0.15, 0.2) is 0 Å². The Morgan fingerprint density at radius 3 is 2.71 bits per heavy atom. The Morgan fingerprint density at radius 2 is 2.00 bits per heavy atom. The number of rotatable bonds is 4. The molecule has 0 aliphatic rings. The largest absolute Gasteiger partial charge is 0.316 e. The molecular weight excluding hydrogens is 210 g/mol. The van der Waals surface area contributed by atoms with Gasteiger partial charge in [-0.2, -0.15) is 5.10 Å². The molecule has 1 heterocycles. The van der Waals surface area contributed by atoms with Crippen LogP contribution in [0, 0.1) is 6.92 Å². The van der Waals surface area contributed by atoms with E-state index in [2.05, 4.69) is 54.7 Å². The Bertz CT molecular complexity index is 500. The Kier molecular flexibility index (Phi) is 3.59. The summed E-state index contributed by atoms with van der Waals surface area (Å²) in [5, 5.41) is 7.75. The molecule has 2 rings (SSSR count). The molecule has 1 N–H and O–H groups in total. The lowest BCUT2D eigenvalue weighted by Crippen LogP contribution is -2.05. The van der Waals surface area contributed by atoms with E-state index in [4.69, 9.17) is 0 Å². The van der Waals surface area contributed by atoms with Crippen molar-refractivity contribution in [3.05, 3.63) is 47.3 Å². The lowest BCUT2D eigenvalue weighted by atomic mass is 10.1. The van der Waals surface area contributed by atoms with Crippen LogP contribution in [0.2, 0.25) is 0 Å². The lowest BCUT2D eigenvalue weighted by Gasteiger charge is -2.06. The van der Waals surface area contributed by atoms with Crippen molar-refractivity contribution < 1.29 is 0 Å². The van der Waals surface area contributed by atoms with Crippen LogP contribution in [-0.2, 0) is 13.0 Å². The molecule has 0 unspecified atom stereocenters. The van der Waals surface area contributed by atoms with Gasteiger partial charge in [-0.25, -0.2) is 4.68 Å². The van der Waals surface area contributed by atoms with Crippen LogP contribution in [0.25, 0.3) is 5.69 Å². The number of aryl methyl sites for hydroxylation is 2. The molecule has 0 saturated heterocycles. The molecule has 0 aliphatic heterocycles. The predicted octanol–water partition coefficient (Wildman–Crippen LogP) is 2.46. The third kappa shape index (κ3) is 2.39. The summed E-state index contributed by atoms with van der Waals surface area (Å²) in [6.45, 7) is 5.08. The van der Waals surface area contributed by atoms with Gasteiger partial charge in [0.1, 0.15) is 0 Å². The van der Waals surface area contributed by atoms with E-state index in [9.17, 15) is 0 Å². The predicted molar refractivity (Wildman–Crippen MR) is 70.4 cm³/mol. The first-order valence-electron chi connectivity index (χ1n) is 6.04. The lowest BCUT2D eigenvalue weighted by molar-refractivity contribution is 0.812. The van der Waals surface area contributed by atoms with E-state index in [0.29, 0.717) is 0 Å². The summed E-state index contributed by atoms with van der Waals surface area (Å²) in [6.07, 6.45) is 3.14. The molecule has 2 aromatic rings. The number of hydrogen-bond acceptors (Lipinski definition) is 2. The van der Waals surface area contributed by atoms with Crippen molar-refractivity contribution in [2.75, 3.05) is 7.05 Å². The number of nitrogens with one attached hydrogen (secondary N) is 1. The average molecular weight is 229 g/mol. The maximum Gasteiger partial charge on any atom is 0.0677 e. The van der Waals surface area contributed by atoms with Crippen LogP contribution in [0.1, 0.15) is 23.7 Å². The van der Waals surface area contributed by atoms with Crippen molar-refractivity contribution in [3.63, 3.8) is 0 Å². The standard InChI is InChI=1S/C14H19N3/c1-4-12-7-5-6-8-14(12)17-10-13(9-15-3)11(2)16-17/h5-8,10,15H,4,9H2,1-3H3. The first-order valence-corrected chi connectivity index (χ1v) is 6.04. The Balaban J connectivity index is 2.42. The fraction of sp³-hybridized carbons (Fsp3) is 0.357. The van der Waals surface area contributed by atoms with Gasteiger partial charge in [-0.05, 0) is 32.0 Å². The summed E-state index contributed by atoms with van der Waals surface area (Å²) < 4.78 is 1.99. The second kappa shape index (κ2) is 5.15. The molecule has 1 aromatic heterocycles. The SMILES string of the molecule is CCc1ccccc1-n1cc(CNC)c(C)n1. The molecule has 0 fully saturated rings. The van der Waals surface area contributed by atoms with E-state index in [1.807, 2.05) is 11.7 Å². The quantitative estimate of drug-likeness (QED) is 0.872. The topological polar surface area (TPSA) is 29.9 Å². The Labute approximate surface area is 102 Å². The van der Waals surface area contributed by atoms with Gasteiger partial charge < -0.3 is 5.32 Å². The molecule has 3 heteroatoms. The fourth-order valence-corrected chi connectivity index (χ4v) is 2.02. The Hall–Kier alpha value is -1.61. The number of nitrogens with zero attached hydrogens (tertiary/aromatic N) is 2. The van der Waals surface area contributed by atoms with Crippen LogP contribution >= 0.6 is 0 Å². The van der Waals surface area contributed by atoms with Gasteiger partial charge in [-0.15, -0.1) is 0 Å². The smallest absolute Gasteiger partial charge is 0.0677 e. The minimum Gasteiger partial charge on any atom is -0.316 e. The van der Waals surface area contributed by atoms with Crippen molar-refractivity contribution in [3.8, 4) is 5.69 Å². The third-order valence-corrected chi connectivity index (χ3v) is 2.99. The summed E-state index contributed by atoms with van der Waals surface area (Å²) in [6, 6.07) is 8.41.